The summed E-state index contributed by atoms with van der Waals surface area (Å²) in [6.45, 7) is 5.30. The summed E-state index contributed by atoms with van der Waals surface area (Å²) in [6.07, 6.45) is 4.82. The van der Waals surface area contributed by atoms with Crippen molar-refractivity contribution >= 4 is 11.9 Å². The Labute approximate surface area is 125 Å². The molecule has 0 saturated heterocycles. The van der Waals surface area contributed by atoms with Crippen molar-refractivity contribution in [1.82, 2.24) is 4.90 Å². The number of carbonyl (C=O) groups excluding carboxylic acids is 1. The topological polar surface area (TPSA) is 57.6 Å². The molecule has 1 aromatic carbocycles. The lowest BCUT2D eigenvalue weighted by Gasteiger charge is -2.38. The van der Waals surface area contributed by atoms with Crippen molar-refractivity contribution in [3.05, 3.63) is 35.9 Å². The van der Waals surface area contributed by atoms with Gasteiger partial charge in [0.05, 0.1) is 6.04 Å². The number of nitrogens with zero attached hydrogens (tertiary/aromatic N) is 1. The van der Waals surface area contributed by atoms with Crippen LogP contribution >= 0.6 is 0 Å². The van der Waals surface area contributed by atoms with Crippen LogP contribution in [-0.4, -0.2) is 33.5 Å². The van der Waals surface area contributed by atoms with Crippen molar-refractivity contribution in [2.75, 3.05) is 0 Å². The molecule has 1 rings (SSSR count). The molecule has 4 heteroatoms. The van der Waals surface area contributed by atoms with Crippen LogP contribution in [0.3, 0.4) is 0 Å². The van der Waals surface area contributed by atoms with Gasteiger partial charge in [-0.25, -0.2) is 4.79 Å². The van der Waals surface area contributed by atoms with Crippen LogP contribution in [-0.2, 0) is 0 Å². The first kappa shape index (κ1) is 16.8. The Bertz CT molecular complexity index is 537. The number of carboxylic acid groups (broad SMARTS) is 1. The number of hydrogen-bond donors (Lipinski definition) is 1. The number of amides is 1. The Morgan fingerprint density at radius 2 is 1.86 bits per heavy atom. The van der Waals surface area contributed by atoms with Crippen LogP contribution in [0, 0.1) is 12.3 Å². The molecule has 112 valence electrons. The standard InChI is InChI=1S/C17H21NO3/c1-5-6-12-14(18(16(20)21)17(2,3)4)15(19)13-10-8-7-9-11-13/h1,7-11,14H,6,12H2,2-4H3,(H,20,21). The molecule has 4 nitrogen and oxygen atoms in total. The van der Waals surface area contributed by atoms with Crippen LogP contribution in [0.2, 0.25) is 0 Å². The van der Waals surface area contributed by atoms with E-state index in [9.17, 15) is 14.7 Å². The molecule has 0 fully saturated rings. The monoisotopic (exact) mass is 287 g/mol. The number of benzene rings is 1. The lowest BCUT2D eigenvalue weighted by atomic mass is 9.94. The van der Waals surface area contributed by atoms with Gasteiger partial charge in [0.15, 0.2) is 5.78 Å². The number of terminal acetylenes is 1. The van der Waals surface area contributed by atoms with E-state index in [2.05, 4.69) is 5.92 Å². The van der Waals surface area contributed by atoms with E-state index >= 15 is 0 Å². The second-order valence-corrected chi connectivity index (χ2v) is 5.81. The Kier molecular flexibility index (Phi) is 5.54. The third-order valence-corrected chi connectivity index (χ3v) is 3.16. The van der Waals surface area contributed by atoms with Crippen LogP contribution in [0.5, 0.6) is 0 Å². The molecule has 21 heavy (non-hydrogen) atoms. The number of hydrogen-bond acceptors (Lipinski definition) is 2. The zero-order valence-corrected chi connectivity index (χ0v) is 12.7. The van der Waals surface area contributed by atoms with E-state index in [-0.39, 0.29) is 5.78 Å². The summed E-state index contributed by atoms with van der Waals surface area (Å²) in [4.78, 5) is 25.5. The molecular formula is C17H21NO3. The maximum atomic E-state index is 12.7. The number of carbonyl (C=O) groups is 2. The summed E-state index contributed by atoms with van der Waals surface area (Å²) in [5, 5.41) is 9.50. The van der Waals surface area contributed by atoms with Crippen LogP contribution in [0.25, 0.3) is 0 Å². The second kappa shape index (κ2) is 6.94. The molecule has 1 aromatic rings. The molecule has 0 bridgehead atoms. The Morgan fingerprint density at radius 3 is 2.29 bits per heavy atom. The van der Waals surface area contributed by atoms with Gasteiger partial charge in [-0.3, -0.25) is 9.69 Å². The summed E-state index contributed by atoms with van der Waals surface area (Å²) in [7, 11) is 0. The molecule has 0 spiro atoms. The minimum absolute atomic E-state index is 0.219. The molecular weight excluding hydrogens is 266 g/mol. The molecule has 0 heterocycles. The van der Waals surface area contributed by atoms with E-state index in [1.165, 1.54) is 4.90 Å². The summed E-state index contributed by atoms with van der Waals surface area (Å²) < 4.78 is 0. The van der Waals surface area contributed by atoms with Crippen molar-refractivity contribution in [3.8, 4) is 12.3 Å². The number of ketones is 1. The van der Waals surface area contributed by atoms with E-state index in [4.69, 9.17) is 6.42 Å². The van der Waals surface area contributed by atoms with Gasteiger partial charge in [-0.2, -0.15) is 0 Å². The molecule has 1 N–H and O–H groups in total. The van der Waals surface area contributed by atoms with Crippen molar-refractivity contribution in [2.24, 2.45) is 0 Å². The average Bonchev–Trinajstić information content (AvgIpc) is 2.41. The number of Topliss-reactive ketones (excluding diaryl/α,β-unsaturated/α-hetero) is 1. The minimum Gasteiger partial charge on any atom is -0.465 e. The SMILES string of the molecule is C#CCCC(C(=O)c1ccccc1)N(C(=O)O)C(C)(C)C. The summed E-state index contributed by atoms with van der Waals surface area (Å²) in [5.74, 6) is 2.26. The van der Waals surface area contributed by atoms with E-state index in [1.54, 1.807) is 45.0 Å². The Hall–Kier alpha value is -2.28. The molecule has 0 aromatic heterocycles. The van der Waals surface area contributed by atoms with Crippen LogP contribution in [0.4, 0.5) is 4.79 Å². The zero-order valence-electron chi connectivity index (χ0n) is 12.7. The van der Waals surface area contributed by atoms with Gasteiger partial charge in [0.1, 0.15) is 0 Å². The first-order valence-corrected chi connectivity index (χ1v) is 6.84. The average molecular weight is 287 g/mol. The highest BCUT2D eigenvalue weighted by Crippen LogP contribution is 2.23. The molecule has 0 aliphatic heterocycles. The fourth-order valence-electron chi connectivity index (χ4n) is 2.28. The maximum absolute atomic E-state index is 12.7. The quantitative estimate of drug-likeness (QED) is 0.666. The van der Waals surface area contributed by atoms with Gasteiger partial charge in [-0.05, 0) is 27.2 Å². The lowest BCUT2D eigenvalue weighted by Crippen LogP contribution is -2.54. The summed E-state index contributed by atoms with van der Waals surface area (Å²) in [5.41, 5.74) is -0.190. The van der Waals surface area contributed by atoms with E-state index < -0.39 is 17.7 Å². The van der Waals surface area contributed by atoms with E-state index in [0.717, 1.165) is 0 Å². The van der Waals surface area contributed by atoms with E-state index in [0.29, 0.717) is 18.4 Å². The first-order valence-electron chi connectivity index (χ1n) is 6.84. The van der Waals surface area contributed by atoms with E-state index in [1.807, 2.05) is 6.07 Å². The van der Waals surface area contributed by atoms with Gasteiger partial charge >= 0.3 is 6.09 Å². The van der Waals surface area contributed by atoms with Crippen LogP contribution < -0.4 is 0 Å². The highest BCUT2D eigenvalue weighted by molar-refractivity contribution is 6.01. The fraction of sp³-hybridized carbons (Fsp3) is 0.412. The predicted molar refractivity (Wildman–Crippen MR) is 82.2 cm³/mol. The summed E-state index contributed by atoms with van der Waals surface area (Å²) >= 11 is 0. The molecule has 0 radical (unpaired) electrons. The molecule has 1 unspecified atom stereocenters. The Morgan fingerprint density at radius 1 is 1.29 bits per heavy atom. The lowest BCUT2D eigenvalue weighted by molar-refractivity contribution is 0.0535. The molecule has 0 saturated carbocycles. The molecule has 1 atom stereocenters. The predicted octanol–water partition coefficient (Wildman–Crippen LogP) is 3.43. The van der Waals surface area contributed by atoms with Gasteiger partial charge in [-0.15, -0.1) is 12.3 Å². The fourth-order valence-corrected chi connectivity index (χ4v) is 2.28. The molecule has 0 aliphatic carbocycles. The summed E-state index contributed by atoms with van der Waals surface area (Å²) in [6, 6.07) is 7.93. The van der Waals surface area contributed by atoms with Gasteiger partial charge < -0.3 is 5.11 Å². The highest BCUT2D eigenvalue weighted by atomic mass is 16.4. The highest BCUT2D eigenvalue weighted by Gasteiger charge is 2.37. The Balaban J connectivity index is 3.18. The third-order valence-electron chi connectivity index (χ3n) is 3.16. The first-order chi connectivity index (χ1) is 9.79. The maximum Gasteiger partial charge on any atom is 0.408 e. The van der Waals surface area contributed by atoms with Crippen molar-refractivity contribution in [1.29, 1.82) is 0 Å². The zero-order chi connectivity index (χ0) is 16.0. The smallest absolute Gasteiger partial charge is 0.408 e. The van der Waals surface area contributed by atoms with Crippen molar-refractivity contribution in [3.63, 3.8) is 0 Å². The normalized spacial score (nSPS) is 12.3. The van der Waals surface area contributed by atoms with Crippen LogP contribution in [0.1, 0.15) is 44.0 Å². The van der Waals surface area contributed by atoms with Gasteiger partial charge in [0, 0.05) is 17.5 Å². The molecule has 1 amide bonds. The van der Waals surface area contributed by atoms with Gasteiger partial charge in [-0.1, -0.05) is 30.3 Å². The van der Waals surface area contributed by atoms with Crippen LogP contribution in [0.15, 0.2) is 30.3 Å². The van der Waals surface area contributed by atoms with Crippen molar-refractivity contribution in [2.45, 2.75) is 45.2 Å². The third kappa shape index (κ3) is 4.35. The van der Waals surface area contributed by atoms with Crippen molar-refractivity contribution < 1.29 is 14.7 Å². The largest absolute Gasteiger partial charge is 0.465 e. The molecule has 0 aliphatic rings. The number of rotatable bonds is 5. The minimum atomic E-state index is -1.12. The second-order valence-electron chi connectivity index (χ2n) is 5.81. The van der Waals surface area contributed by atoms with Gasteiger partial charge in [0.2, 0.25) is 0 Å². The van der Waals surface area contributed by atoms with Gasteiger partial charge in [0.25, 0.3) is 0 Å².